The summed E-state index contributed by atoms with van der Waals surface area (Å²) in [5.41, 5.74) is 11.8. The number of carbonyl (C=O) groups is 3. The lowest BCUT2D eigenvalue weighted by Gasteiger charge is -2.20. The van der Waals surface area contributed by atoms with Crippen molar-refractivity contribution in [3.63, 3.8) is 0 Å². The van der Waals surface area contributed by atoms with Gasteiger partial charge in [0.2, 0.25) is 11.8 Å². The van der Waals surface area contributed by atoms with Gasteiger partial charge < -0.3 is 37.6 Å². The standard InChI is InChI=1S/C17H26N6O5/c18-12(8-10-3-5-11(24)6-4-10)15(27)23-13(2-1-7-21-17(19)20)16(28)22-9-14(25)26/h3-6,12-13,24H,1-2,7-9,18H2,(H,22,28)(H,23,27)(H,25,26)(H4,19,20,21)/t12-,13+/m0/s1. The molecule has 0 aromatic heterocycles. The van der Waals surface area contributed by atoms with Crippen molar-refractivity contribution in [2.75, 3.05) is 13.1 Å². The van der Waals surface area contributed by atoms with Crippen LogP contribution in [0.3, 0.4) is 0 Å². The Bertz CT molecular complexity index is 694. The van der Waals surface area contributed by atoms with E-state index in [4.69, 9.17) is 22.0 Å². The summed E-state index contributed by atoms with van der Waals surface area (Å²) in [4.78, 5) is 35.2. The van der Waals surface area contributed by atoms with Gasteiger partial charge in [0.1, 0.15) is 18.3 Å². The maximum absolute atomic E-state index is 12.4. The van der Waals surface area contributed by atoms with Gasteiger partial charge in [0.25, 0.3) is 0 Å². The van der Waals surface area contributed by atoms with Crippen LogP contribution in [0.15, 0.2) is 24.3 Å². The maximum atomic E-state index is 12.4. The number of guanidine groups is 1. The van der Waals surface area contributed by atoms with E-state index in [0.717, 1.165) is 5.56 Å². The topological polar surface area (TPSA) is 204 Å². The second kappa shape index (κ2) is 11.4. The van der Waals surface area contributed by atoms with Gasteiger partial charge in [-0.3, -0.25) is 19.8 Å². The highest BCUT2D eigenvalue weighted by molar-refractivity contribution is 5.91. The third-order valence-corrected chi connectivity index (χ3v) is 3.76. The van der Waals surface area contributed by atoms with Crippen LogP contribution in [-0.4, -0.2) is 59.1 Å². The summed E-state index contributed by atoms with van der Waals surface area (Å²) in [6.45, 7) is -0.260. The quantitative estimate of drug-likeness (QED) is 0.122. The van der Waals surface area contributed by atoms with Gasteiger partial charge in [0.15, 0.2) is 5.96 Å². The number of hydrogen-bond acceptors (Lipinski definition) is 6. The van der Waals surface area contributed by atoms with Crippen LogP contribution in [0.2, 0.25) is 0 Å². The Morgan fingerprint density at radius 1 is 1.11 bits per heavy atom. The third kappa shape index (κ3) is 8.85. The zero-order valence-corrected chi connectivity index (χ0v) is 15.3. The fourth-order valence-electron chi connectivity index (χ4n) is 2.34. The van der Waals surface area contributed by atoms with Crippen LogP contribution in [0.4, 0.5) is 0 Å². The molecule has 0 saturated heterocycles. The van der Waals surface area contributed by atoms with Crippen LogP contribution >= 0.6 is 0 Å². The first-order valence-electron chi connectivity index (χ1n) is 8.60. The fraction of sp³-hybridized carbons (Fsp3) is 0.412. The molecule has 0 spiro atoms. The molecule has 1 aromatic carbocycles. The first-order chi connectivity index (χ1) is 13.2. The Hall–Kier alpha value is -3.34. The average molecular weight is 394 g/mol. The molecule has 0 bridgehead atoms. The van der Waals surface area contributed by atoms with Crippen molar-refractivity contribution in [1.82, 2.24) is 16.0 Å². The lowest BCUT2D eigenvalue weighted by atomic mass is 10.0. The highest BCUT2D eigenvalue weighted by Crippen LogP contribution is 2.11. The second-order valence-corrected chi connectivity index (χ2v) is 6.13. The van der Waals surface area contributed by atoms with Crippen LogP contribution in [0, 0.1) is 5.41 Å². The summed E-state index contributed by atoms with van der Waals surface area (Å²) in [7, 11) is 0. The molecule has 2 amide bonds. The van der Waals surface area contributed by atoms with Crippen LogP contribution in [-0.2, 0) is 20.8 Å². The molecule has 11 heteroatoms. The Balaban J connectivity index is 2.65. The van der Waals surface area contributed by atoms with Crippen LogP contribution in [0.25, 0.3) is 0 Å². The zero-order chi connectivity index (χ0) is 21.1. The monoisotopic (exact) mass is 394 g/mol. The smallest absolute Gasteiger partial charge is 0.322 e. The number of phenolic OH excluding ortho intramolecular Hbond substituents is 1. The molecular weight excluding hydrogens is 368 g/mol. The molecule has 28 heavy (non-hydrogen) atoms. The lowest BCUT2D eigenvalue weighted by molar-refractivity contribution is -0.138. The molecule has 11 nitrogen and oxygen atoms in total. The molecule has 10 N–H and O–H groups in total. The number of benzene rings is 1. The molecule has 1 aromatic rings. The molecule has 0 aliphatic carbocycles. The molecule has 0 saturated carbocycles. The van der Waals surface area contributed by atoms with E-state index in [1.165, 1.54) is 12.1 Å². The summed E-state index contributed by atoms with van der Waals surface area (Å²) in [5.74, 6) is -2.54. The lowest BCUT2D eigenvalue weighted by Crippen LogP contribution is -2.52. The van der Waals surface area contributed by atoms with Crippen molar-refractivity contribution in [3.05, 3.63) is 29.8 Å². The van der Waals surface area contributed by atoms with E-state index in [1.54, 1.807) is 12.1 Å². The van der Waals surface area contributed by atoms with Crippen molar-refractivity contribution in [2.45, 2.75) is 31.3 Å². The molecule has 154 valence electrons. The van der Waals surface area contributed by atoms with E-state index in [0.29, 0.717) is 13.0 Å². The predicted molar refractivity (Wildman–Crippen MR) is 102 cm³/mol. The van der Waals surface area contributed by atoms with Gasteiger partial charge in [0.05, 0.1) is 6.04 Å². The highest BCUT2D eigenvalue weighted by Gasteiger charge is 2.24. The Morgan fingerprint density at radius 2 is 1.75 bits per heavy atom. The molecule has 0 unspecified atom stereocenters. The number of carboxylic acids is 1. The molecule has 1 rings (SSSR count). The number of nitrogens with one attached hydrogen (secondary N) is 4. The van der Waals surface area contributed by atoms with Gasteiger partial charge in [-0.1, -0.05) is 12.1 Å². The average Bonchev–Trinajstić information content (AvgIpc) is 2.63. The maximum Gasteiger partial charge on any atom is 0.322 e. The number of phenols is 1. The van der Waals surface area contributed by atoms with Crippen molar-refractivity contribution in [2.24, 2.45) is 11.5 Å². The van der Waals surface area contributed by atoms with E-state index in [-0.39, 0.29) is 24.6 Å². The number of carboxylic acid groups (broad SMARTS) is 1. The molecule has 0 aliphatic rings. The Kier molecular flexibility index (Phi) is 9.23. The van der Waals surface area contributed by atoms with Gasteiger partial charge in [-0.05, 0) is 37.0 Å². The predicted octanol–water partition coefficient (Wildman–Crippen LogP) is -1.79. The summed E-state index contributed by atoms with van der Waals surface area (Å²) in [6, 6.07) is 4.30. The van der Waals surface area contributed by atoms with E-state index >= 15 is 0 Å². The fourth-order valence-corrected chi connectivity index (χ4v) is 2.34. The minimum atomic E-state index is -1.21. The van der Waals surface area contributed by atoms with E-state index < -0.39 is 36.4 Å². The third-order valence-electron chi connectivity index (χ3n) is 3.76. The largest absolute Gasteiger partial charge is 0.508 e. The SMILES string of the molecule is N=C(N)NCCC[C@@H](NC(=O)[C@@H](N)Cc1ccc(O)cc1)C(=O)NCC(=O)O. The van der Waals surface area contributed by atoms with E-state index in [9.17, 15) is 19.5 Å². The Morgan fingerprint density at radius 3 is 2.32 bits per heavy atom. The van der Waals surface area contributed by atoms with Crippen molar-refractivity contribution < 1.29 is 24.6 Å². The van der Waals surface area contributed by atoms with Crippen LogP contribution < -0.4 is 27.4 Å². The van der Waals surface area contributed by atoms with Crippen molar-refractivity contribution in [1.29, 1.82) is 5.41 Å². The van der Waals surface area contributed by atoms with E-state index in [2.05, 4.69) is 16.0 Å². The number of carbonyl (C=O) groups excluding carboxylic acids is 2. The van der Waals surface area contributed by atoms with Gasteiger partial charge in [-0.2, -0.15) is 0 Å². The number of nitrogens with two attached hydrogens (primary N) is 2. The number of rotatable bonds is 11. The van der Waals surface area contributed by atoms with Crippen LogP contribution in [0.5, 0.6) is 5.75 Å². The molecule has 0 radical (unpaired) electrons. The second-order valence-electron chi connectivity index (χ2n) is 6.13. The minimum Gasteiger partial charge on any atom is -0.508 e. The molecule has 0 aliphatic heterocycles. The summed E-state index contributed by atoms with van der Waals surface area (Å²) in [6.07, 6.45) is 0.795. The summed E-state index contributed by atoms with van der Waals surface area (Å²) >= 11 is 0. The first kappa shape index (κ1) is 22.7. The normalized spacial score (nSPS) is 12.5. The molecular formula is C17H26N6O5. The van der Waals surface area contributed by atoms with Gasteiger partial charge >= 0.3 is 5.97 Å². The molecule has 0 fully saturated rings. The van der Waals surface area contributed by atoms with Gasteiger partial charge in [0, 0.05) is 6.54 Å². The minimum absolute atomic E-state index is 0.0936. The highest BCUT2D eigenvalue weighted by atomic mass is 16.4. The van der Waals surface area contributed by atoms with Crippen LogP contribution in [0.1, 0.15) is 18.4 Å². The summed E-state index contributed by atoms with van der Waals surface area (Å²) in [5, 5.41) is 32.4. The Labute approximate surface area is 162 Å². The van der Waals surface area contributed by atoms with Gasteiger partial charge in [-0.25, -0.2) is 0 Å². The number of hydrogen-bond donors (Lipinski definition) is 8. The first-order valence-corrected chi connectivity index (χ1v) is 8.60. The van der Waals surface area contributed by atoms with Crippen molar-refractivity contribution >= 4 is 23.7 Å². The number of aliphatic carboxylic acids is 1. The van der Waals surface area contributed by atoms with Crippen molar-refractivity contribution in [3.8, 4) is 5.75 Å². The number of aromatic hydroxyl groups is 1. The summed E-state index contributed by atoms with van der Waals surface area (Å²) < 4.78 is 0. The molecule has 2 atom stereocenters. The van der Waals surface area contributed by atoms with E-state index in [1.807, 2.05) is 0 Å². The number of amides is 2. The van der Waals surface area contributed by atoms with Gasteiger partial charge in [-0.15, -0.1) is 0 Å². The molecule has 0 heterocycles. The zero-order valence-electron chi connectivity index (χ0n) is 15.3.